The Labute approximate surface area is 168 Å². The van der Waals surface area contributed by atoms with E-state index >= 15 is 0 Å². The maximum Gasteiger partial charge on any atom is 0.258 e. The first kappa shape index (κ1) is 19.6. The van der Waals surface area contributed by atoms with E-state index in [9.17, 15) is 4.79 Å². The fourth-order valence-corrected chi connectivity index (χ4v) is 2.64. The molecular formula is C21H21ClN4O2. The van der Waals surface area contributed by atoms with Crippen LogP contribution in [0, 0.1) is 0 Å². The van der Waals surface area contributed by atoms with Crippen LogP contribution in [0.1, 0.15) is 22.8 Å². The Morgan fingerprint density at radius 3 is 2.36 bits per heavy atom. The highest BCUT2D eigenvalue weighted by molar-refractivity contribution is 6.30. The molecule has 0 aliphatic heterocycles. The number of nitrogens with zero attached hydrogens (tertiary/aromatic N) is 2. The van der Waals surface area contributed by atoms with E-state index < -0.39 is 0 Å². The number of carbonyl (C=O) groups excluding carboxylic acids is 1. The lowest BCUT2D eigenvalue weighted by Gasteiger charge is -2.08. The van der Waals surface area contributed by atoms with Gasteiger partial charge in [0.05, 0.1) is 12.2 Å². The molecule has 3 aromatic rings. The third-order valence-electron chi connectivity index (χ3n) is 3.95. The van der Waals surface area contributed by atoms with Gasteiger partial charge in [-0.15, -0.1) is 0 Å². The van der Waals surface area contributed by atoms with Gasteiger partial charge in [-0.3, -0.25) is 4.79 Å². The zero-order valence-corrected chi connectivity index (χ0v) is 16.2. The van der Waals surface area contributed by atoms with Crippen molar-refractivity contribution in [1.82, 2.24) is 9.97 Å². The summed E-state index contributed by atoms with van der Waals surface area (Å²) >= 11 is 5.88. The highest BCUT2D eigenvalue weighted by Crippen LogP contribution is 2.16. The lowest BCUT2D eigenvalue weighted by molar-refractivity contribution is 0.102. The molecule has 7 heteroatoms. The van der Waals surface area contributed by atoms with E-state index in [4.69, 9.17) is 16.3 Å². The predicted octanol–water partition coefficient (Wildman–Crippen LogP) is 4.44. The highest BCUT2D eigenvalue weighted by Gasteiger charge is 2.08. The van der Waals surface area contributed by atoms with Gasteiger partial charge in [0.15, 0.2) is 0 Å². The first-order valence-corrected chi connectivity index (χ1v) is 9.36. The molecule has 1 heterocycles. The Balaban J connectivity index is 1.50. The minimum atomic E-state index is -0.267. The molecule has 6 nitrogen and oxygen atoms in total. The number of halogens is 1. The number of carbonyl (C=O) groups is 1. The van der Waals surface area contributed by atoms with Crippen molar-refractivity contribution >= 4 is 29.1 Å². The normalized spacial score (nSPS) is 10.4. The number of hydrogen-bond acceptors (Lipinski definition) is 5. The van der Waals surface area contributed by atoms with Crippen LogP contribution in [0.3, 0.4) is 0 Å². The maximum absolute atomic E-state index is 12.3. The first-order chi connectivity index (χ1) is 13.6. The highest BCUT2D eigenvalue weighted by atomic mass is 35.5. The summed E-state index contributed by atoms with van der Waals surface area (Å²) in [6.45, 7) is 3.20. The molecule has 0 fully saturated rings. The number of aromatic nitrogens is 2. The van der Waals surface area contributed by atoms with E-state index in [1.165, 1.54) is 18.0 Å². The van der Waals surface area contributed by atoms with Crippen LogP contribution >= 0.6 is 11.6 Å². The number of rotatable bonds is 8. The summed E-state index contributed by atoms with van der Waals surface area (Å²) in [4.78, 5) is 20.7. The van der Waals surface area contributed by atoms with Gasteiger partial charge < -0.3 is 15.4 Å². The Kier molecular flexibility index (Phi) is 6.81. The molecule has 3 rings (SSSR count). The third-order valence-corrected chi connectivity index (χ3v) is 4.20. The minimum Gasteiger partial charge on any atom is -0.494 e. The van der Waals surface area contributed by atoms with Crippen molar-refractivity contribution in [3.63, 3.8) is 0 Å². The number of nitrogens with one attached hydrogen (secondary N) is 2. The van der Waals surface area contributed by atoms with Gasteiger partial charge in [-0.25, -0.2) is 9.97 Å². The molecule has 0 unspecified atom stereocenters. The molecule has 0 radical (unpaired) electrons. The lowest BCUT2D eigenvalue weighted by Crippen LogP contribution is -2.14. The monoisotopic (exact) mass is 396 g/mol. The van der Waals surface area contributed by atoms with Crippen molar-refractivity contribution in [2.45, 2.75) is 13.3 Å². The van der Waals surface area contributed by atoms with E-state index in [2.05, 4.69) is 20.6 Å². The number of anilines is 2. The summed E-state index contributed by atoms with van der Waals surface area (Å²) in [5, 5.41) is 6.67. The van der Waals surface area contributed by atoms with Gasteiger partial charge in [-0.05, 0) is 55.3 Å². The molecule has 0 spiro atoms. The number of hydrogen-bond donors (Lipinski definition) is 2. The zero-order chi connectivity index (χ0) is 19.8. The zero-order valence-electron chi connectivity index (χ0n) is 15.5. The van der Waals surface area contributed by atoms with Gasteiger partial charge in [0.25, 0.3) is 5.91 Å². The second kappa shape index (κ2) is 9.71. The van der Waals surface area contributed by atoms with Crippen LogP contribution in [0.15, 0.2) is 60.9 Å². The Bertz CT molecular complexity index is 897. The summed E-state index contributed by atoms with van der Waals surface area (Å²) in [6, 6.07) is 14.9. The maximum atomic E-state index is 12.3. The predicted molar refractivity (Wildman–Crippen MR) is 111 cm³/mol. The molecule has 2 aromatic carbocycles. The van der Waals surface area contributed by atoms with Gasteiger partial charge >= 0.3 is 0 Å². The largest absolute Gasteiger partial charge is 0.494 e. The molecule has 0 saturated carbocycles. The molecule has 1 aromatic heterocycles. The third kappa shape index (κ3) is 5.69. The van der Waals surface area contributed by atoms with Crippen molar-refractivity contribution in [3.05, 3.63) is 77.1 Å². The van der Waals surface area contributed by atoms with Crippen LogP contribution in [0.5, 0.6) is 5.75 Å². The van der Waals surface area contributed by atoms with Crippen molar-refractivity contribution in [2.75, 3.05) is 23.8 Å². The first-order valence-electron chi connectivity index (χ1n) is 8.98. The van der Waals surface area contributed by atoms with Crippen LogP contribution in [0.4, 0.5) is 11.6 Å². The molecular weight excluding hydrogens is 376 g/mol. The molecule has 2 N–H and O–H groups in total. The average molecular weight is 397 g/mol. The van der Waals surface area contributed by atoms with Gasteiger partial charge in [0, 0.05) is 29.6 Å². The van der Waals surface area contributed by atoms with E-state index in [-0.39, 0.29) is 5.91 Å². The summed E-state index contributed by atoms with van der Waals surface area (Å²) in [5.41, 5.74) is 2.24. The van der Waals surface area contributed by atoms with Gasteiger partial charge in [-0.2, -0.15) is 0 Å². The second-order valence-corrected chi connectivity index (χ2v) is 6.45. The topological polar surface area (TPSA) is 76.1 Å². The number of amides is 1. The van der Waals surface area contributed by atoms with Gasteiger partial charge in [-0.1, -0.05) is 23.7 Å². The molecule has 28 heavy (non-hydrogen) atoms. The Morgan fingerprint density at radius 2 is 1.71 bits per heavy atom. The standard InChI is InChI=1S/C21H21ClN4O2/c1-2-28-19-9-7-18(8-10-19)26-20(27)16-13-24-21(25-14-16)23-12-11-15-3-5-17(22)6-4-15/h3-10,13-14H,2,11-12H2,1H3,(H,26,27)(H,23,24,25). The van der Waals surface area contributed by atoms with Crippen LogP contribution in [0.25, 0.3) is 0 Å². The SMILES string of the molecule is CCOc1ccc(NC(=O)c2cnc(NCCc3ccc(Cl)cc3)nc2)cc1. The molecule has 0 aliphatic rings. The quantitative estimate of drug-likeness (QED) is 0.588. The second-order valence-electron chi connectivity index (χ2n) is 6.01. The summed E-state index contributed by atoms with van der Waals surface area (Å²) in [7, 11) is 0. The molecule has 1 amide bonds. The Morgan fingerprint density at radius 1 is 1.04 bits per heavy atom. The van der Waals surface area contributed by atoms with E-state index in [1.807, 2.05) is 43.3 Å². The summed E-state index contributed by atoms with van der Waals surface area (Å²) in [5.74, 6) is 0.973. The molecule has 0 saturated heterocycles. The van der Waals surface area contributed by atoms with E-state index in [0.717, 1.165) is 17.2 Å². The van der Waals surface area contributed by atoms with E-state index in [1.54, 1.807) is 12.1 Å². The van der Waals surface area contributed by atoms with Gasteiger partial charge in [0.1, 0.15) is 5.75 Å². The van der Waals surface area contributed by atoms with Crippen molar-refractivity contribution in [1.29, 1.82) is 0 Å². The smallest absolute Gasteiger partial charge is 0.258 e. The average Bonchev–Trinajstić information content (AvgIpc) is 2.72. The van der Waals surface area contributed by atoms with Gasteiger partial charge in [0.2, 0.25) is 5.95 Å². The number of ether oxygens (including phenoxy) is 1. The van der Waals surface area contributed by atoms with Crippen LogP contribution in [-0.2, 0) is 6.42 Å². The van der Waals surface area contributed by atoms with Crippen molar-refractivity contribution in [3.8, 4) is 5.75 Å². The Hall–Kier alpha value is -3.12. The molecule has 144 valence electrons. The van der Waals surface area contributed by atoms with Crippen molar-refractivity contribution < 1.29 is 9.53 Å². The van der Waals surface area contributed by atoms with E-state index in [0.29, 0.717) is 30.4 Å². The minimum absolute atomic E-state index is 0.267. The summed E-state index contributed by atoms with van der Waals surface area (Å²) in [6.07, 6.45) is 3.82. The molecule has 0 aliphatic carbocycles. The number of benzene rings is 2. The lowest BCUT2D eigenvalue weighted by atomic mass is 10.1. The molecule has 0 atom stereocenters. The van der Waals surface area contributed by atoms with Crippen LogP contribution < -0.4 is 15.4 Å². The fourth-order valence-electron chi connectivity index (χ4n) is 2.51. The molecule has 0 bridgehead atoms. The van der Waals surface area contributed by atoms with Crippen LogP contribution in [-0.4, -0.2) is 29.0 Å². The summed E-state index contributed by atoms with van der Waals surface area (Å²) < 4.78 is 5.38. The van der Waals surface area contributed by atoms with Crippen LogP contribution in [0.2, 0.25) is 5.02 Å². The fraction of sp³-hybridized carbons (Fsp3) is 0.190. The van der Waals surface area contributed by atoms with Crippen molar-refractivity contribution in [2.24, 2.45) is 0 Å².